The second-order valence-electron chi connectivity index (χ2n) is 6.00. The summed E-state index contributed by atoms with van der Waals surface area (Å²) < 4.78 is 10.9. The van der Waals surface area contributed by atoms with Gasteiger partial charge in [0, 0.05) is 12.5 Å². The van der Waals surface area contributed by atoms with Crippen molar-refractivity contribution in [3.8, 4) is 6.07 Å². The Morgan fingerprint density at radius 2 is 2.35 bits per heavy atom. The number of nitrogens with zero attached hydrogens (tertiary/aromatic N) is 1. The minimum absolute atomic E-state index is 0.0587. The Kier molecular flexibility index (Phi) is 5.81. The van der Waals surface area contributed by atoms with Gasteiger partial charge in [-0.25, -0.2) is 0 Å². The van der Waals surface area contributed by atoms with Crippen LogP contribution in [-0.4, -0.2) is 37.9 Å². The van der Waals surface area contributed by atoms with Crippen molar-refractivity contribution in [1.29, 1.82) is 5.26 Å². The van der Waals surface area contributed by atoms with Gasteiger partial charge in [-0.1, -0.05) is 19.8 Å². The number of hydrogen-bond acceptors (Lipinski definition) is 4. The van der Waals surface area contributed by atoms with Gasteiger partial charge >= 0.3 is 0 Å². The molecule has 112 valence electrons. The summed E-state index contributed by atoms with van der Waals surface area (Å²) in [6.45, 7) is 3.51. The fraction of sp³-hybridized carbons (Fsp3) is 0.867. The van der Waals surface area contributed by atoms with E-state index >= 15 is 0 Å². The zero-order valence-electron chi connectivity index (χ0n) is 12.1. The fourth-order valence-corrected chi connectivity index (χ4v) is 3.01. The lowest BCUT2D eigenvalue weighted by molar-refractivity contribution is -0.129. The minimum atomic E-state index is -0.459. The van der Waals surface area contributed by atoms with E-state index in [1.807, 2.05) is 0 Å². The lowest BCUT2D eigenvalue weighted by Crippen LogP contribution is -2.42. The molecule has 20 heavy (non-hydrogen) atoms. The second-order valence-corrected chi connectivity index (χ2v) is 6.00. The van der Waals surface area contributed by atoms with Crippen molar-refractivity contribution in [3.05, 3.63) is 0 Å². The molecule has 1 aliphatic carbocycles. The molecule has 0 bridgehead atoms. The molecular formula is C15H24N2O3. The van der Waals surface area contributed by atoms with Gasteiger partial charge in [0.2, 0.25) is 5.91 Å². The Balaban J connectivity index is 1.70. The van der Waals surface area contributed by atoms with Crippen molar-refractivity contribution in [2.45, 2.75) is 51.2 Å². The van der Waals surface area contributed by atoms with Crippen molar-refractivity contribution in [2.75, 3.05) is 19.8 Å². The fourth-order valence-electron chi connectivity index (χ4n) is 3.01. The molecule has 4 unspecified atom stereocenters. The first-order valence-electron chi connectivity index (χ1n) is 7.57. The van der Waals surface area contributed by atoms with Gasteiger partial charge in [0.05, 0.1) is 18.8 Å². The molecule has 0 aromatic heterocycles. The highest BCUT2D eigenvalue weighted by molar-refractivity contribution is 5.77. The van der Waals surface area contributed by atoms with E-state index in [4.69, 9.17) is 14.7 Å². The van der Waals surface area contributed by atoms with E-state index in [1.165, 1.54) is 12.8 Å². The summed E-state index contributed by atoms with van der Waals surface area (Å²) in [5.74, 6) is 0.597. The maximum atomic E-state index is 11.9. The Labute approximate surface area is 120 Å². The smallest absolute Gasteiger partial charge is 0.247 e. The number of nitrogens with one attached hydrogen (secondary N) is 1. The first-order valence-corrected chi connectivity index (χ1v) is 7.57. The molecule has 1 amide bonds. The Hall–Kier alpha value is -1.12. The Morgan fingerprint density at radius 1 is 1.50 bits per heavy atom. The van der Waals surface area contributed by atoms with Crippen molar-refractivity contribution < 1.29 is 14.3 Å². The topological polar surface area (TPSA) is 71.3 Å². The molecule has 2 aliphatic rings. The standard InChI is InChI=1S/C15H24N2O3/c1-11-3-2-4-13(7-11)20-10-15(18)17-14(8-16)12-5-6-19-9-12/h11-14H,2-7,9-10H2,1H3,(H,17,18). The van der Waals surface area contributed by atoms with Crippen molar-refractivity contribution in [2.24, 2.45) is 11.8 Å². The number of rotatable bonds is 5. The quantitative estimate of drug-likeness (QED) is 0.831. The van der Waals surface area contributed by atoms with Crippen LogP contribution in [0.25, 0.3) is 0 Å². The maximum absolute atomic E-state index is 11.9. The van der Waals surface area contributed by atoms with Crippen LogP contribution in [0.3, 0.4) is 0 Å². The molecule has 2 fully saturated rings. The van der Waals surface area contributed by atoms with Crippen molar-refractivity contribution in [3.63, 3.8) is 0 Å². The van der Waals surface area contributed by atoms with Crippen LogP contribution < -0.4 is 5.32 Å². The summed E-state index contributed by atoms with van der Waals surface area (Å²) in [6.07, 6.45) is 5.53. The van der Waals surface area contributed by atoms with E-state index in [0.717, 1.165) is 19.3 Å². The van der Waals surface area contributed by atoms with Gasteiger partial charge in [-0.15, -0.1) is 0 Å². The highest BCUT2D eigenvalue weighted by atomic mass is 16.5. The summed E-state index contributed by atoms with van der Waals surface area (Å²) in [7, 11) is 0. The second kappa shape index (κ2) is 7.61. The van der Waals surface area contributed by atoms with Crippen LogP contribution in [0, 0.1) is 23.2 Å². The lowest BCUT2D eigenvalue weighted by atomic mass is 9.89. The van der Waals surface area contributed by atoms with E-state index in [0.29, 0.717) is 19.1 Å². The summed E-state index contributed by atoms with van der Waals surface area (Å²) in [5, 5.41) is 11.9. The summed E-state index contributed by atoms with van der Waals surface area (Å²) in [4.78, 5) is 11.9. The first-order chi connectivity index (χ1) is 9.69. The van der Waals surface area contributed by atoms with Crippen LogP contribution in [-0.2, 0) is 14.3 Å². The van der Waals surface area contributed by atoms with Gasteiger partial charge in [0.1, 0.15) is 12.6 Å². The van der Waals surface area contributed by atoms with Crippen LogP contribution in [0.15, 0.2) is 0 Å². The number of carbonyl (C=O) groups is 1. The molecule has 4 atom stereocenters. The average Bonchev–Trinajstić information content (AvgIpc) is 2.96. The number of ether oxygens (including phenoxy) is 2. The molecule has 5 nitrogen and oxygen atoms in total. The largest absolute Gasteiger partial charge is 0.381 e. The van der Waals surface area contributed by atoms with Gasteiger partial charge in [-0.2, -0.15) is 5.26 Å². The van der Waals surface area contributed by atoms with Crippen LogP contribution in [0.2, 0.25) is 0 Å². The van der Waals surface area contributed by atoms with E-state index in [1.54, 1.807) is 0 Å². The molecule has 1 saturated heterocycles. The normalized spacial score (nSPS) is 31.5. The van der Waals surface area contributed by atoms with Crippen molar-refractivity contribution in [1.82, 2.24) is 5.32 Å². The number of amides is 1. The summed E-state index contributed by atoms with van der Waals surface area (Å²) in [5.41, 5.74) is 0. The predicted molar refractivity (Wildman–Crippen MR) is 73.8 cm³/mol. The van der Waals surface area contributed by atoms with Gasteiger partial charge in [-0.3, -0.25) is 4.79 Å². The SMILES string of the molecule is CC1CCCC(OCC(=O)NC(C#N)C2CCOC2)C1. The predicted octanol–water partition coefficient (Wildman–Crippen LogP) is 1.63. The van der Waals surface area contributed by atoms with Crippen molar-refractivity contribution >= 4 is 5.91 Å². The third-order valence-electron chi connectivity index (χ3n) is 4.23. The molecule has 0 aromatic rings. The maximum Gasteiger partial charge on any atom is 0.247 e. The van der Waals surface area contributed by atoms with Crippen LogP contribution >= 0.6 is 0 Å². The van der Waals surface area contributed by atoms with E-state index in [9.17, 15) is 4.79 Å². The summed E-state index contributed by atoms with van der Waals surface area (Å²) >= 11 is 0. The van der Waals surface area contributed by atoms with Gasteiger partial charge in [0.15, 0.2) is 0 Å². The molecule has 0 spiro atoms. The number of hydrogen-bond donors (Lipinski definition) is 1. The Morgan fingerprint density at radius 3 is 3.00 bits per heavy atom. The number of nitriles is 1. The third-order valence-corrected chi connectivity index (χ3v) is 4.23. The molecule has 1 heterocycles. The van der Waals surface area contributed by atoms with E-state index < -0.39 is 6.04 Å². The molecule has 2 rings (SSSR count). The lowest BCUT2D eigenvalue weighted by Gasteiger charge is -2.26. The molecule has 1 N–H and O–H groups in total. The zero-order chi connectivity index (χ0) is 14.4. The molecular weight excluding hydrogens is 256 g/mol. The molecule has 1 aliphatic heterocycles. The highest BCUT2D eigenvalue weighted by Gasteiger charge is 2.27. The number of carbonyl (C=O) groups excluding carboxylic acids is 1. The van der Waals surface area contributed by atoms with Gasteiger partial charge in [-0.05, 0) is 25.2 Å². The summed E-state index contributed by atoms with van der Waals surface area (Å²) in [6, 6.07) is 1.69. The highest BCUT2D eigenvalue weighted by Crippen LogP contribution is 2.25. The zero-order valence-corrected chi connectivity index (χ0v) is 12.1. The third kappa shape index (κ3) is 4.46. The van der Waals surface area contributed by atoms with Gasteiger partial charge in [0.25, 0.3) is 0 Å². The monoisotopic (exact) mass is 280 g/mol. The first kappa shape index (κ1) is 15.3. The van der Waals surface area contributed by atoms with Crippen LogP contribution in [0.4, 0.5) is 0 Å². The van der Waals surface area contributed by atoms with E-state index in [-0.39, 0.29) is 24.5 Å². The van der Waals surface area contributed by atoms with Crippen LogP contribution in [0.1, 0.15) is 39.0 Å². The molecule has 0 radical (unpaired) electrons. The Bertz CT molecular complexity index is 361. The molecule has 1 saturated carbocycles. The molecule has 5 heteroatoms. The average molecular weight is 280 g/mol. The molecule has 0 aromatic carbocycles. The minimum Gasteiger partial charge on any atom is -0.381 e. The van der Waals surface area contributed by atoms with Crippen LogP contribution in [0.5, 0.6) is 0 Å². The van der Waals surface area contributed by atoms with Gasteiger partial charge < -0.3 is 14.8 Å². The van der Waals surface area contributed by atoms with E-state index in [2.05, 4.69) is 18.3 Å².